The van der Waals surface area contributed by atoms with Crippen molar-refractivity contribution in [3.8, 4) is 5.75 Å². The standard InChI is InChI=1S/C19H15NO3/c1-20-18(21)13-8-7-12-15-11-5-3-2-4-10(11)6-9-14(15)23-17(12)16(13)19(20)22/h2-7,9,13,16-17H,8H2,1H3/t13-,16-,17?/m1/s1. The van der Waals surface area contributed by atoms with Crippen molar-refractivity contribution in [2.24, 2.45) is 11.8 Å². The maximum Gasteiger partial charge on any atom is 0.236 e. The summed E-state index contributed by atoms with van der Waals surface area (Å²) in [5.74, 6) is -0.0525. The van der Waals surface area contributed by atoms with Crippen LogP contribution in [-0.2, 0) is 9.59 Å². The number of allylic oxidation sites excluding steroid dienone is 1. The number of benzene rings is 2. The third-order valence-corrected chi connectivity index (χ3v) is 5.35. The maximum absolute atomic E-state index is 12.5. The van der Waals surface area contributed by atoms with E-state index in [1.165, 1.54) is 4.90 Å². The number of imide groups is 1. The van der Waals surface area contributed by atoms with Gasteiger partial charge < -0.3 is 4.74 Å². The predicted octanol–water partition coefficient (Wildman–Crippen LogP) is 2.62. The quantitative estimate of drug-likeness (QED) is 0.703. The smallest absolute Gasteiger partial charge is 0.236 e. The average Bonchev–Trinajstić information content (AvgIpc) is 3.06. The van der Waals surface area contributed by atoms with Crippen LogP contribution in [0.3, 0.4) is 0 Å². The molecule has 4 heteroatoms. The van der Waals surface area contributed by atoms with Crippen molar-refractivity contribution in [1.29, 1.82) is 0 Å². The maximum atomic E-state index is 12.5. The Balaban J connectivity index is 1.70. The van der Waals surface area contributed by atoms with Crippen LogP contribution in [0, 0.1) is 11.8 Å². The Bertz CT molecular complexity index is 914. The Morgan fingerprint density at radius 2 is 1.91 bits per heavy atom. The molecule has 4 nitrogen and oxygen atoms in total. The van der Waals surface area contributed by atoms with E-state index in [0.29, 0.717) is 6.42 Å². The molecule has 2 aromatic carbocycles. The van der Waals surface area contributed by atoms with Crippen molar-refractivity contribution in [2.75, 3.05) is 7.05 Å². The first kappa shape index (κ1) is 12.9. The third-order valence-electron chi connectivity index (χ3n) is 5.35. The molecule has 114 valence electrons. The molecule has 0 aromatic heterocycles. The van der Waals surface area contributed by atoms with Gasteiger partial charge in [0.05, 0.1) is 11.8 Å². The molecule has 2 aliphatic heterocycles. The number of carbonyl (C=O) groups is 2. The molecule has 2 aromatic rings. The highest BCUT2D eigenvalue weighted by molar-refractivity contribution is 6.08. The molecular formula is C19H15NO3. The lowest BCUT2D eigenvalue weighted by atomic mass is 9.77. The van der Waals surface area contributed by atoms with Gasteiger partial charge in [0.2, 0.25) is 11.8 Å². The highest BCUT2D eigenvalue weighted by Gasteiger charge is 2.54. The zero-order chi connectivity index (χ0) is 15.7. The molecule has 5 rings (SSSR count). The average molecular weight is 305 g/mol. The van der Waals surface area contributed by atoms with E-state index < -0.39 is 5.92 Å². The molecule has 1 unspecified atom stereocenters. The fraction of sp³-hybridized carbons (Fsp3) is 0.263. The lowest BCUT2D eigenvalue weighted by molar-refractivity contribution is -0.138. The molecule has 0 bridgehead atoms. The van der Waals surface area contributed by atoms with Crippen molar-refractivity contribution in [2.45, 2.75) is 12.5 Å². The summed E-state index contributed by atoms with van der Waals surface area (Å²) in [6.07, 6.45) is 2.36. The number of likely N-dealkylation sites (tertiary alicyclic amines) is 1. The molecule has 23 heavy (non-hydrogen) atoms. The Hall–Kier alpha value is -2.62. The van der Waals surface area contributed by atoms with Gasteiger partial charge in [0.15, 0.2) is 0 Å². The molecule has 0 spiro atoms. The fourth-order valence-corrected chi connectivity index (χ4v) is 4.22. The normalized spacial score (nSPS) is 28.3. The van der Waals surface area contributed by atoms with Crippen LogP contribution in [0.25, 0.3) is 16.3 Å². The van der Waals surface area contributed by atoms with Crippen LogP contribution in [0.4, 0.5) is 0 Å². The summed E-state index contributed by atoms with van der Waals surface area (Å²) in [4.78, 5) is 26.0. The number of hydrogen-bond donors (Lipinski definition) is 0. The van der Waals surface area contributed by atoms with Gasteiger partial charge in [-0.05, 0) is 23.3 Å². The molecule has 3 aliphatic rings. The zero-order valence-corrected chi connectivity index (χ0v) is 12.7. The lowest BCUT2D eigenvalue weighted by Crippen LogP contribution is -2.36. The second-order valence-corrected chi connectivity index (χ2v) is 6.46. The van der Waals surface area contributed by atoms with E-state index in [2.05, 4.69) is 18.2 Å². The first-order valence-corrected chi connectivity index (χ1v) is 7.87. The van der Waals surface area contributed by atoms with Crippen LogP contribution in [0.1, 0.15) is 12.0 Å². The number of hydrogen-bond acceptors (Lipinski definition) is 3. The third kappa shape index (κ3) is 1.50. The van der Waals surface area contributed by atoms with Crippen LogP contribution in [-0.4, -0.2) is 29.9 Å². The summed E-state index contributed by atoms with van der Waals surface area (Å²) < 4.78 is 6.13. The molecule has 2 heterocycles. The van der Waals surface area contributed by atoms with Crippen LogP contribution in [0.5, 0.6) is 5.75 Å². The zero-order valence-electron chi connectivity index (χ0n) is 12.7. The summed E-state index contributed by atoms with van der Waals surface area (Å²) in [7, 11) is 1.57. The van der Waals surface area contributed by atoms with Crippen LogP contribution < -0.4 is 4.74 Å². The number of amides is 2. The van der Waals surface area contributed by atoms with Crippen LogP contribution in [0.2, 0.25) is 0 Å². The molecule has 0 saturated carbocycles. The van der Waals surface area contributed by atoms with E-state index in [1.54, 1.807) is 7.05 Å². The van der Waals surface area contributed by atoms with Crippen molar-refractivity contribution >= 4 is 28.2 Å². The fourth-order valence-electron chi connectivity index (χ4n) is 4.22. The SMILES string of the molecule is CN1C(=O)[C@@H]2CC=C3c4c(ccc5ccccc45)OC3[C@@H]2C1=O. The first-order valence-electron chi connectivity index (χ1n) is 7.87. The second-order valence-electron chi connectivity index (χ2n) is 6.46. The van der Waals surface area contributed by atoms with E-state index in [9.17, 15) is 9.59 Å². The summed E-state index contributed by atoms with van der Waals surface area (Å²) >= 11 is 0. The second kappa shape index (κ2) is 4.22. The summed E-state index contributed by atoms with van der Waals surface area (Å²) in [6, 6.07) is 12.2. The lowest BCUT2D eigenvalue weighted by Gasteiger charge is -2.26. The van der Waals surface area contributed by atoms with E-state index in [4.69, 9.17) is 4.74 Å². The van der Waals surface area contributed by atoms with Gasteiger partial charge in [0.25, 0.3) is 0 Å². The van der Waals surface area contributed by atoms with E-state index in [0.717, 1.165) is 27.7 Å². The van der Waals surface area contributed by atoms with Gasteiger partial charge in [-0.1, -0.05) is 36.4 Å². The van der Waals surface area contributed by atoms with Crippen molar-refractivity contribution in [3.05, 3.63) is 48.0 Å². The Morgan fingerprint density at radius 3 is 2.78 bits per heavy atom. The van der Waals surface area contributed by atoms with Gasteiger partial charge in [-0.25, -0.2) is 0 Å². The van der Waals surface area contributed by atoms with Gasteiger partial charge >= 0.3 is 0 Å². The summed E-state index contributed by atoms with van der Waals surface area (Å²) in [6.45, 7) is 0. The minimum atomic E-state index is -0.390. The molecule has 1 saturated heterocycles. The topological polar surface area (TPSA) is 46.6 Å². The molecule has 1 fully saturated rings. The molecule has 2 amide bonds. The first-order chi connectivity index (χ1) is 11.2. The highest BCUT2D eigenvalue weighted by atomic mass is 16.5. The summed E-state index contributed by atoms with van der Waals surface area (Å²) in [5.41, 5.74) is 2.15. The molecule has 3 atom stereocenters. The van der Waals surface area contributed by atoms with Crippen molar-refractivity contribution < 1.29 is 14.3 Å². The number of carbonyl (C=O) groups excluding carboxylic acids is 2. The van der Waals surface area contributed by atoms with Crippen molar-refractivity contribution in [3.63, 3.8) is 0 Å². The Morgan fingerprint density at radius 1 is 1.09 bits per heavy atom. The van der Waals surface area contributed by atoms with Crippen LogP contribution >= 0.6 is 0 Å². The minimum Gasteiger partial charge on any atom is -0.484 e. The van der Waals surface area contributed by atoms with E-state index in [1.807, 2.05) is 24.3 Å². The van der Waals surface area contributed by atoms with Crippen LogP contribution in [0.15, 0.2) is 42.5 Å². The van der Waals surface area contributed by atoms with Gasteiger partial charge in [0.1, 0.15) is 11.9 Å². The number of nitrogens with zero attached hydrogens (tertiary/aromatic N) is 1. The Kier molecular flexibility index (Phi) is 2.36. The predicted molar refractivity (Wildman–Crippen MR) is 85.7 cm³/mol. The molecule has 0 radical (unpaired) electrons. The summed E-state index contributed by atoms with van der Waals surface area (Å²) in [5, 5.41) is 2.30. The monoisotopic (exact) mass is 305 g/mol. The Labute approximate surface area is 133 Å². The molecule has 1 aliphatic carbocycles. The van der Waals surface area contributed by atoms with Gasteiger partial charge in [-0.2, -0.15) is 0 Å². The van der Waals surface area contributed by atoms with Gasteiger partial charge in [-0.3, -0.25) is 14.5 Å². The molecule has 0 N–H and O–H groups in total. The van der Waals surface area contributed by atoms with E-state index >= 15 is 0 Å². The highest BCUT2D eigenvalue weighted by Crippen LogP contribution is 2.50. The van der Waals surface area contributed by atoms with Crippen molar-refractivity contribution in [1.82, 2.24) is 4.90 Å². The minimum absolute atomic E-state index is 0.0836. The molecular weight excluding hydrogens is 290 g/mol. The number of fused-ring (bicyclic) bond motifs is 7. The largest absolute Gasteiger partial charge is 0.484 e. The van der Waals surface area contributed by atoms with Gasteiger partial charge in [-0.15, -0.1) is 0 Å². The number of rotatable bonds is 0. The van der Waals surface area contributed by atoms with Gasteiger partial charge in [0, 0.05) is 18.2 Å². The van der Waals surface area contributed by atoms with E-state index in [-0.39, 0.29) is 23.8 Å². The number of ether oxygens (including phenoxy) is 1.